The number of amides is 1. The van der Waals surface area contributed by atoms with Crippen LogP contribution in [0.15, 0.2) is 77.3 Å². The van der Waals surface area contributed by atoms with Gasteiger partial charge in [0.05, 0.1) is 25.0 Å². The second kappa shape index (κ2) is 11.3. The lowest BCUT2D eigenvalue weighted by Gasteiger charge is -2.22. The Balaban J connectivity index is 1.54. The van der Waals surface area contributed by atoms with Crippen molar-refractivity contribution in [3.8, 4) is 5.75 Å². The zero-order valence-corrected chi connectivity index (χ0v) is 21.0. The number of sulfonamides is 1. The highest BCUT2D eigenvalue weighted by Gasteiger charge is 2.18. The number of carbonyl (C=O) groups is 1. The Bertz CT molecular complexity index is 1160. The lowest BCUT2D eigenvalue weighted by atomic mass is 10.1. The Labute approximate surface area is 203 Å². The summed E-state index contributed by atoms with van der Waals surface area (Å²) in [4.78, 5) is 12.4. The van der Waals surface area contributed by atoms with E-state index in [9.17, 15) is 13.2 Å². The number of benzene rings is 3. The molecule has 0 bridgehead atoms. The maximum absolute atomic E-state index is 12.4. The Hall–Kier alpha value is -2.84. The van der Waals surface area contributed by atoms with Crippen LogP contribution in [0.1, 0.15) is 28.4 Å². The third-order valence-corrected chi connectivity index (χ3v) is 6.71. The summed E-state index contributed by atoms with van der Waals surface area (Å²) in [6.45, 7) is 3.02. The monoisotopic (exact) mass is 530 g/mol. The minimum absolute atomic E-state index is 0.174. The summed E-state index contributed by atoms with van der Waals surface area (Å²) in [6, 6.07) is 21.9. The number of carbonyl (C=O) groups excluding carboxylic acids is 1. The number of ether oxygens (including phenoxy) is 1. The first-order valence-electron chi connectivity index (χ1n) is 10.6. The van der Waals surface area contributed by atoms with Gasteiger partial charge < -0.3 is 10.1 Å². The number of hydrogen-bond acceptors (Lipinski definition) is 4. The van der Waals surface area contributed by atoms with Gasteiger partial charge in [0.15, 0.2) is 0 Å². The van der Waals surface area contributed by atoms with Crippen LogP contribution in [0.25, 0.3) is 0 Å². The van der Waals surface area contributed by atoms with E-state index in [-0.39, 0.29) is 12.5 Å². The van der Waals surface area contributed by atoms with Crippen LogP contribution in [0.3, 0.4) is 0 Å². The molecule has 0 radical (unpaired) electrons. The molecule has 0 saturated heterocycles. The van der Waals surface area contributed by atoms with Crippen molar-refractivity contribution < 1.29 is 17.9 Å². The van der Waals surface area contributed by atoms with Crippen LogP contribution >= 0.6 is 15.9 Å². The van der Waals surface area contributed by atoms with Crippen molar-refractivity contribution in [2.45, 2.75) is 19.9 Å². The van der Waals surface area contributed by atoms with Gasteiger partial charge in [-0.25, -0.2) is 8.42 Å². The molecule has 1 N–H and O–H groups in total. The number of nitrogens with one attached hydrogen (secondary N) is 1. The van der Waals surface area contributed by atoms with E-state index in [0.29, 0.717) is 24.4 Å². The van der Waals surface area contributed by atoms with Gasteiger partial charge in [0.2, 0.25) is 10.0 Å². The average Bonchev–Trinajstić information content (AvgIpc) is 2.81. The second-order valence-electron chi connectivity index (χ2n) is 7.54. The summed E-state index contributed by atoms with van der Waals surface area (Å²) in [5, 5.41) is 2.83. The molecule has 0 aliphatic rings. The van der Waals surface area contributed by atoms with Gasteiger partial charge in [0.1, 0.15) is 12.4 Å². The van der Waals surface area contributed by atoms with Gasteiger partial charge in [-0.05, 0) is 66.1 Å². The van der Waals surface area contributed by atoms with Crippen molar-refractivity contribution in [1.29, 1.82) is 0 Å². The zero-order chi connectivity index (χ0) is 23.8. The summed E-state index contributed by atoms with van der Waals surface area (Å²) in [5.74, 6) is 0.561. The van der Waals surface area contributed by atoms with Gasteiger partial charge in [0, 0.05) is 10.0 Å². The van der Waals surface area contributed by atoms with Crippen molar-refractivity contribution in [2.24, 2.45) is 0 Å². The van der Waals surface area contributed by atoms with Gasteiger partial charge in [-0.3, -0.25) is 9.10 Å². The predicted molar refractivity (Wildman–Crippen MR) is 135 cm³/mol. The molecule has 6 nitrogen and oxygen atoms in total. The topological polar surface area (TPSA) is 75.7 Å². The Morgan fingerprint density at radius 2 is 1.55 bits per heavy atom. The summed E-state index contributed by atoms with van der Waals surface area (Å²) in [7, 11) is -3.47. The Morgan fingerprint density at radius 3 is 2.12 bits per heavy atom. The fourth-order valence-corrected chi connectivity index (χ4v) is 4.34. The van der Waals surface area contributed by atoms with E-state index in [2.05, 4.69) is 28.2 Å². The molecule has 0 atom stereocenters. The van der Waals surface area contributed by atoms with E-state index in [1.165, 1.54) is 16.1 Å². The van der Waals surface area contributed by atoms with E-state index >= 15 is 0 Å². The molecule has 0 aromatic heterocycles. The number of nitrogens with zero attached hydrogens (tertiary/aromatic N) is 1. The molecule has 3 aromatic carbocycles. The number of aryl methyl sites for hydroxylation is 1. The summed E-state index contributed by atoms with van der Waals surface area (Å²) in [6.07, 6.45) is 2.16. The minimum atomic E-state index is -3.47. The molecular weight excluding hydrogens is 504 g/mol. The molecule has 0 fully saturated rings. The quantitative estimate of drug-likeness (QED) is 0.382. The third-order valence-electron chi connectivity index (χ3n) is 5.05. The molecule has 0 unspecified atom stereocenters. The molecule has 0 spiro atoms. The highest BCUT2D eigenvalue weighted by atomic mass is 79.9. The van der Waals surface area contributed by atoms with Crippen LogP contribution in [-0.4, -0.2) is 33.7 Å². The van der Waals surface area contributed by atoms with E-state index in [0.717, 1.165) is 22.2 Å². The minimum Gasteiger partial charge on any atom is -0.492 e. The maximum atomic E-state index is 12.4. The SMILES string of the molecule is CCc1ccc(OCCNC(=O)c2ccc(CN(c3ccc(Br)cc3)S(C)(=O)=O)cc2)cc1. The van der Waals surface area contributed by atoms with Crippen LogP contribution in [-0.2, 0) is 23.0 Å². The van der Waals surface area contributed by atoms with Crippen molar-refractivity contribution in [1.82, 2.24) is 5.32 Å². The molecule has 33 heavy (non-hydrogen) atoms. The summed E-state index contributed by atoms with van der Waals surface area (Å²) in [5.41, 5.74) is 3.10. The van der Waals surface area contributed by atoms with Gasteiger partial charge in [-0.1, -0.05) is 47.1 Å². The molecule has 3 rings (SSSR count). The first-order valence-corrected chi connectivity index (χ1v) is 13.2. The first kappa shape index (κ1) is 24.8. The third kappa shape index (κ3) is 7.33. The summed E-state index contributed by atoms with van der Waals surface area (Å²) >= 11 is 3.36. The molecular formula is C25H27BrN2O4S. The van der Waals surface area contributed by atoms with Crippen LogP contribution in [0.4, 0.5) is 5.69 Å². The predicted octanol–water partition coefficient (Wildman–Crippen LogP) is 4.79. The number of halogens is 1. The van der Waals surface area contributed by atoms with Crippen molar-refractivity contribution in [3.63, 3.8) is 0 Å². The van der Waals surface area contributed by atoms with Crippen molar-refractivity contribution in [3.05, 3.63) is 94.0 Å². The molecule has 8 heteroatoms. The highest BCUT2D eigenvalue weighted by molar-refractivity contribution is 9.10. The smallest absolute Gasteiger partial charge is 0.251 e. The van der Waals surface area contributed by atoms with E-state index in [1.54, 1.807) is 48.5 Å². The molecule has 174 valence electrons. The van der Waals surface area contributed by atoms with Crippen LogP contribution in [0, 0.1) is 0 Å². The molecule has 0 aliphatic heterocycles. The highest BCUT2D eigenvalue weighted by Crippen LogP contribution is 2.23. The Morgan fingerprint density at radius 1 is 0.939 bits per heavy atom. The van der Waals surface area contributed by atoms with Gasteiger partial charge in [-0.15, -0.1) is 0 Å². The fourth-order valence-electron chi connectivity index (χ4n) is 3.19. The van der Waals surface area contributed by atoms with Crippen LogP contribution < -0.4 is 14.4 Å². The fraction of sp³-hybridized carbons (Fsp3) is 0.240. The van der Waals surface area contributed by atoms with E-state index < -0.39 is 10.0 Å². The maximum Gasteiger partial charge on any atom is 0.251 e. The molecule has 1 amide bonds. The number of hydrogen-bond donors (Lipinski definition) is 1. The molecule has 3 aromatic rings. The Kier molecular flexibility index (Phi) is 8.52. The molecule has 0 saturated carbocycles. The van der Waals surface area contributed by atoms with Gasteiger partial charge >= 0.3 is 0 Å². The number of anilines is 1. The largest absolute Gasteiger partial charge is 0.492 e. The van der Waals surface area contributed by atoms with Crippen LogP contribution in [0.2, 0.25) is 0 Å². The van der Waals surface area contributed by atoms with E-state index in [1.807, 2.05) is 24.3 Å². The van der Waals surface area contributed by atoms with Crippen molar-refractivity contribution >= 4 is 37.5 Å². The van der Waals surface area contributed by atoms with Crippen LogP contribution in [0.5, 0.6) is 5.75 Å². The molecule has 0 heterocycles. The van der Waals surface area contributed by atoms with Gasteiger partial charge in [0.25, 0.3) is 5.91 Å². The van der Waals surface area contributed by atoms with Crippen molar-refractivity contribution in [2.75, 3.05) is 23.7 Å². The lowest BCUT2D eigenvalue weighted by Crippen LogP contribution is -2.29. The first-order chi connectivity index (χ1) is 15.8. The van der Waals surface area contributed by atoms with E-state index in [4.69, 9.17) is 4.74 Å². The lowest BCUT2D eigenvalue weighted by molar-refractivity contribution is 0.0947. The van der Waals surface area contributed by atoms with Gasteiger partial charge in [-0.2, -0.15) is 0 Å². The molecule has 0 aliphatic carbocycles. The second-order valence-corrected chi connectivity index (χ2v) is 10.4. The average molecular weight is 531 g/mol. The normalized spacial score (nSPS) is 11.1. The summed E-state index contributed by atoms with van der Waals surface area (Å²) < 4.78 is 32.5. The number of rotatable bonds is 10. The zero-order valence-electron chi connectivity index (χ0n) is 18.6. The standard InChI is InChI=1S/C25H27BrN2O4S/c1-3-19-6-14-24(15-7-19)32-17-16-27-25(29)21-8-4-20(5-9-21)18-28(33(2,30)31)23-12-10-22(26)11-13-23/h4-15H,3,16-18H2,1-2H3,(H,27,29).